The van der Waals surface area contributed by atoms with Crippen LogP contribution < -0.4 is 5.32 Å². The fourth-order valence-corrected chi connectivity index (χ4v) is 1.36. The maximum absolute atomic E-state index is 11.4. The predicted octanol–water partition coefficient (Wildman–Crippen LogP) is 1.45. The van der Waals surface area contributed by atoms with E-state index in [1.165, 1.54) is 0 Å². The van der Waals surface area contributed by atoms with Gasteiger partial charge in [-0.1, -0.05) is 35.5 Å². The molecule has 0 aliphatic rings. The summed E-state index contributed by atoms with van der Waals surface area (Å²) in [6, 6.07) is 8.92. The van der Waals surface area contributed by atoms with E-state index < -0.39 is 12.1 Å². The molecule has 0 radical (unpaired) electrons. The van der Waals surface area contributed by atoms with Crippen LogP contribution >= 0.6 is 0 Å². The average molecular weight is 277 g/mol. The summed E-state index contributed by atoms with van der Waals surface area (Å²) in [7, 11) is 0. The van der Waals surface area contributed by atoms with Gasteiger partial charge >= 0.3 is 18.1 Å². The molecule has 1 aromatic carbocycles. The van der Waals surface area contributed by atoms with Crippen LogP contribution in [0.25, 0.3) is 0 Å². The van der Waals surface area contributed by atoms with Crippen molar-refractivity contribution in [2.45, 2.75) is 13.0 Å². The number of aromatic nitrogens is 2. The van der Waals surface area contributed by atoms with Gasteiger partial charge in [0.1, 0.15) is 13.0 Å². The maximum atomic E-state index is 11.4. The number of rotatable bonds is 5. The van der Waals surface area contributed by atoms with Crippen LogP contribution in [0.1, 0.15) is 11.4 Å². The normalized spacial score (nSPS) is 10.0. The zero-order valence-electron chi connectivity index (χ0n) is 10.3. The Balaban J connectivity index is 1.82. The molecular formula is C12H11N3O5. The summed E-state index contributed by atoms with van der Waals surface area (Å²) in [5, 5.41) is 14.1. The van der Waals surface area contributed by atoms with Crippen molar-refractivity contribution >= 4 is 18.1 Å². The van der Waals surface area contributed by atoms with Crippen LogP contribution in [0.15, 0.2) is 34.9 Å². The van der Waals surface area contributed by atoms with Crippen molar-refractivity contribution in [2.24, 2.45) is 0 Å². The molecule has 2 rings (SSSR count). The van der Waals surface area contributed by atoms with Gasteiger partial charge in [0.05, 0.1) is 0 Å². The number of amides is 1. The first kappa shape index (κ1) is 13.5. The Morgan fingerprint density at radius 2 is 2.05 bits per heavy atom. The number of carboxylic acids is 1. The number of benzene rings is 1. The SMILES string of the molecule is O=C(O)Cc1noc(NC(=O)OCc2ccccc2)n1. The standard InChI is InChI=1S/C12H11N3O5/c16-10(17)6-9-13-11(20-15-9)14-12(18)19-7-8-4-2-1-3-5-8/h1-5H,6-7H2,(H,16,17)(H,13,14,15,18). The number of carbonyl (C=O) groups is 2. The quantitative estimate of drug-likeness (QED) is 0.849. The van der Waals surface area contributed by atoms with E-state index in [2.05, 4.69) is 20.0 Å². The van der Waals surface area contributed by atoms with Gasteiger partial charge in [0.25, 0.3) is 0 Å². The van der Waals surface area contributed by atoms with Crippen LogP contribution in [-0.2, 0) is 22.6 Å². The Labute approximate surface area is 113 Å². The van der Waals surface area contributed by atoms with Gasteiger partial charge in [-0.3, -0.25) is 4.79 Å². The Morgan fingerprint density at radius 1 is 1.30 bits per heavy atom. The van der Waals surface area contributed by atoms with Crippen molar-refractivity contribution in [2.75, 3.05) is 5.32 Å². The minimum absolute atomic E-state index is 0.0316. The van der Waals surface area contributed by atoms with E-state index >= 15 is 0 Å². The first-order valence-corrected chi connectivity index (χ1v) is 5.65. The number of carbonyl (C=O) groups excluding carboxylic acids is 1. The van der Waals surface area contributed by atoms with E-state index in [1.807, 2.05) is 30.3 Å². The monoisotopic (exact) mass is 277 g/mol. The molecule has 0 atom stereocenters. The zero-order chi connectivity index (χ0) is 14.4. The lowest BCUT2D eigenvalue weighted by atomic mass is 10.2. The first-order chi connectivity index (χ1) is 9.63. The van der Waals surface area contributed by atoms with E-state index in [-0.39, 0.29) is 24.9 Å². The van der Waals surface area contributed by atoms with Crippen LogP contribution in [0.4, 0.5) is 10.8 Å². The molecule has 0 unspecified atom stereocenters. The fraction of sp³-hybridized carbons (Fsp3) is 0.167. The number of ether oxygens (including phenoxy) is 1. The van der Waals surface area contributed by atoms with Crippen molar-refractivity contribution < 1.29 is 24.0 Å². The molecule has 104 valence electrons. The number of nitrogens with one attached hydrogen (secondary N) is 1. The third kappa shape index (κ3) is 4.09. The molecule has 0 bridgehead atoms. The minimum atomic E-state index is -1.09. The van der Waals surface area contributed by atoms with Gasteiger partial charge in [-0.2, -0.15) is 4.98 Å². The number of anilines is 1. The number of carboxylic acid groups (broad SMARTS) is 1. The summed E-state index contributed by atoms with van der Waals surface area (Å²) in [5.41, 5.74) is 0.833. The van der Waals surface area contributed by atoms with E-state index in [1.54, 1.807) is 0 Å². The van der Waals surface area contributed by atoms with Crippen LogP contribution in [-0.4, -0.2) is 27.3 Å². The van der Waals surface area contributed by atoms with Crippen molar-refractivity contribution in [1.82, 2.24) is 10.1 Å². The topological polar surface area (TPSA) is 115 Å². The number of hydrogen-bond acceptors (Lipinski definition) is 6. The van der Waals surface area contributed by atoms with Crippen LogP contribution in [0.3, 0.4) is 0 Å². The van der Waals surface area contributed by atoms with Crippen LogP contribution in [0.2, 0.25) is 0 Å². The Kier molecular flexibility index (Phi) is 4.28. The molecule has 2 aromatic rings. The molecule has 0 saturated carbocycles. The van der Waals surface area contributed by atoms with Crippen molar-refractivity contribution in [1.29, 1.82) is 0 Å². The average Bonchev–Trinajstić information content (AvgIpc) is 2.84. The zero-order valence-corrected chi connectivity index (χ0v) is 10.3. The van der Waals surface area contributed by atoms with Crippen molar-refractivity contribution in [3.63, 3.8) is 0 Å². The molecular weight excluding hydrogens is 266 g/mol. The lowest BCUT2D eigenvalue weighted by Crippen LogP contribution is -2.13. The molecule has 2 N–H and O–H groups in total. The van der Waals surface area contributed by atoms with Gasteiger partial charge in [0, 0.05) is 0 Å². The number of hydrogen-bond donors (Lipinski definition) is 2. The molecule has 1 heterocycles. The van der Waals surface area contributed by atoms with Crippen LogP contribution in [0.5, 0.6) is 0 Å². The molecule has 8 heteroatoms. The van der Waals surface area contributed by atoms with E-state index in [0.717, 1.165) is 5.56 Å². The van der Waals surface area contributed by atoms with E-state index in [9.17, 15) is 9.59 Å². The van der Waals surface area contributed by atoms with Gasteiger partial charge in [-0.25, -0.2) is 10.1 Å². The van der Waals surface area contributed by atoms with Gasteiger partial charge in [0.2, 0.25) is 0 Å². The third-order valence-corrected chi connectivity index (χ3v) is 2.20. The van der Waals surface area contributed by atoms with Crippen molar-refractivity contribution in [3.05, 3.63) is 41.7 Å². The smallest absolute Gasteiger partial charge is 0.415 e. The van der Waals surface area contributed by atoms with E-state index in [4.69, 9.17) is 9.84 Å². The molecule has 0 aliphatic carbocycles. The van der Waals surface area contributed by atoms with Gasteiger partial charge in [0.15, 0.2) is 5.82 Å². The molecule has 8 nitrogen and oxygen atoms in total. The van der Waals surface area contributed by atoms with Gasteiger partial charge < -0.3 is 14.4 Å². The first-order valence-electron chi connectivity index (χ1n) is 5.65. The lowest BCUT2D eigenvalue weighted by molar-refractivity contribution is -0.136. The highest BCUT2D eigenvalue weighted by Gasteiger charge is 2.12. The molecule has 0 spiro atoms. The lowest BCUT2D eigenvalue weighted by Gasteiger charge is -2.03. The molecule has 1 amide bonds. The Hall–Kier alpha value is -2.90. The summed E-state index contributed by atoms with van der Waals surface area (Å²) >= 11 is 0. The van der Waals surface area contributed by atoms with Crippen molar-refractivity contribution in [3.8, 4) is 0 Å². The maximum Gasteiger partial charge on any atom is 0.415 e. The predicted molar refractivity (Wildman–Crippen MR) is 65.9 cm³/mol. The summed E-state index contributed by atoms with van der Waals surface area (Å²) in [6.45, 7) is 0.1000. The van der Waals surface area contributed by atoms with Crippen LogP contribution in [0, 0.1) is 0 Å². The minimum Gasteiger partial charge on any atom is -0.481 e. The second-order valence-electron chi connectivity index (χ2n) is 3.77. The molecule has 0 aliphatic heterocycles. The highest BCUT2D eigenvalue weighted by molar-refractivity contribution is 5.81. The second kappa shape index (κ2) is 6.32. The molecule has 1 aromatic heterocycles. The molecule has 0 fully saturated rings. The molecule has 20 heavy (non-hydrogen) atoms. The number of nitrogens with zero attached hydrogens (tertiary/aromatic N) is 2. The Bertz CT molecular complexity index is 596. The largest absolute Gasteiger partial charge is 0.481 e. The third-order valence-electron chi connectivity index (χ3n) is 2.20. The Morgan fingerprint density at radius 3 is 2.75 bits per heavy atom. The summed E-state index contributed by atoms with van der Waals surface area (Å²) in [4.78, 5) is 25.5. The second-order valence-corrected chi connectivity index (χ2v) is 3.77. The highest BCUT2D eigenvalue weighted by atomic mass is 16.6. The van der Waals surface area contributed by atoms with Gasteiger partial charge in [-0.05, 0) is 5.56 Å². The fourth-order valence-electron chi connectivity index (χ4n) is 1.36. The summed E-state index contributed by atoms with van der Waals surface area (Å²) in [5.74, 6) is -1.13. The summed E-state index contributed by atoms with van der Waals surface area (Å²) < 4.78 is 9.58. The van der Waals surface area contributed by atoms with Gasteiger partial charge in [-0.15, -0.1) is 0 Å². The van der Waals surface area contributed by atoms with E-state index in [0.29, 0.717) is 0 Å². The highest BCUT2D eigenvalue weighted by Crippen LogP contribution is 2.06. The number of aliphatic carboxylic acids is 1. The summed E-state index contributed by atoms with van der Waals surface area (Å²) in [6.07, 6.45) is -1.15. The molecule has 0 saturated heterocycles.